The second-order valence-corrected chi connectivity index (χ2v) is 7.38. The molecule has 1 aromatic carbocycles. The van der Waals surface area contributed by atoms with Crippen molar-refractivity contribution in [2.75, 3.05) is 12.3 Å². The van der Waals surface area contributed by atoms with Gasteiger partial charge in [-0.15, -0.1) is 0 Å². The highest BCUT2D eigenvalue weighted by Crippen LogP contribution is 2.29. The molecule has 0 spiro atoms. The van der Waals surface area contributed by atoms with Gasteiger partial charge in [-0.1, -0.05) is 26.2 Å². The van der Waals surface area contributed by atoms with Crippen LogP contribution in [-0.2, 0) is 10.0 Å². The number of sulfonamides is 1. The van der Waals surface area contributed by atoms with Crippen LogP contribution in [-0.4, -0.2) is 25.3 Å². The molecule has 112 valence electrons. The van der Waals surface area contributed by atoms with Crippen LogP contribution in [0.25, 0.3) is 0 Å². The molecule has 0 heterocycles. The van der Waals surface area contributed by atoms with Crippen molar-refractivity contribution in [1.29, 1.82) is 0 Å². The van der Waals surface area contributed by atoms with Gasteiger partial charge in [0.05, 0.1) is 4.90 Å². The minimum atomic E-state index is -3.42. The summed E-state index contributed by atoms with van der Waals surface area (Å²) in [6.45, 7) is 4.24. The molecule has 0 unspecified atom stereocenters. The number of hydrogen-bond acceptors (Lipinski definition) is 3. The quantitative estimate of drug-likeness (QED) is 0.869. The summed E-state index contributed by atoms with van der Waals surface area (Å²) < 4.78 is 27.4. The molecule has 1 aliphatic carbocycles. The van der Waals surface area contributed by atoms with Gasteiger partial charge in [-0.25, -0.2) is 8.42 Å². The molecule has 2 N–H and O–H groups in total. The maximum atomic E-state index is 12.9. The fraction of sp³-hybridized carbons (Fsp3) is 0.600. The van der Waals surface area contributed by atoms with Crippen LogP contribution in [0.3, 0.4) is 0 Å². The molecule has 1 aliphatic rings. The van der Waals surface area contributed by atoms with E-state index in [4.69, 9.17) is 5.73 Å². The van der Waals surface area contributed by atoms with Crippen molar-refractivity contribution in [3.8, 4) is 0 Å². The van der Waals surface area contributed by atoms with Crippen molar-refractivity contribution < 1.29 is 8.42 Å². The lowest BCUT2D eigenvalue weighted by molar-refractivity contribution is 0.261. The minimum Gasteiger partial charge on any atom is -0.399 e. The third kappa shape index (κ3) is 2.99. The van der Waals surface area contributed by atoms with Gasteiger partial charge < -0.3 is 5.73 Å². The van der Waals surface area contributed by atoms with Crippen molar-refractivity contribution >= 4 is 15.7 Å². The zero-order chi connectivity index (χ0) is 14.8. The van der Waals surface area contributed by atoms with Crippen molar-refractivity contribution in [3.63, 3.8) is 0 Å². The molecule has 0 aliphatic heterocycles. The topological polar surface area (TPSA) is 63.4 Å². The van der Waals surface area contributed by atoms with Crippen LogP contribution in [0.15, 0.2) is 23.1 Å². The molecule has 5 heteroatoms. The molecule has 0 radical (unpaired) electrons. The molecule has 2 rings (SSSR count). The van der Waals surface area contributed by atoms with Crippen LogP contribution in [0.2, 0.25) is 0 Å². The van der Waals surface area contributed by atoms with E-state index in [1.807, 2.05) is 6.92 Å². The van der Waals surface area contributed by atoms with E-state index >= 15 is 0 Å². The molecule has 1 aromatic rings. The average Bonchev–Trinajstić information content (AvgIpc) is 2.40. The van der Waals surface area contributed by atoms with Crippen LogP contribution >= 0.6 is 0 Å². The molecule has 20 heavy (non-hydrogen) atoms. The molecule has 0 amide bonds. The summed E-state index contributed by atoms with van der Waals surface area (Å²) in [5.41, 5.74) is 7.03. The fourth-order valence-corrected chi connectivity index (χ4v) is 4.98. The third-order valence-electron chi connectivity index (χ3n) is 4.08. The van der Waals surface area contributed by atoms with E-state index in [-0.39, 0.29) is 6.04 Å². The van der Waals surface area contributed by atoms with Crippen LogP contribution in [0.4, 0.5) is 5.69 Å². The maximum absolute atomic E-state index is 12.9. The Hall–Kier alpha value is -1.07. The lowest BCUT2D eigenvalue weighted by atomic mass is 9.95. The Kier molecular flexibility index (Phi) is 4.70. The Morgan fingerprint density at radius 2 is 1.90 bits per heavy atom. The molecular weight excluding hydrogens is 272 g/mol. The van der Waals surface area contributed by atoms with Crippen molar-refractivity contribution in [2.24, 2.45) is 0 Å². The van der Waals surface area contributed by atoms with Gasteiger partial charge in [0.2, 0.25) is 10.0 Å². The minimum absolute atomic E-state index is 0.149. The van der Waals surface area contributed by atoms with Crippen LogP contribution in [0.1, 0.15) is 44.6 Å². The number of anilines is 1. The molecule has 0 saturated heterocycles. The van der Waals surface area contributed by atoms with E-state index in [2.05, 4.69) is 0 Å². The number of nitrogens with two attached hydrogens (primary N) is 1. The van der Waals surface area contributed by atoms with Gasteiger partial charge >= 0.3 is 0 Å². The van der Waals surface area contributed by atoms with Crippen LogP contribution < -0.4 is 5.73 Å². The summed E-state index contributed by atoms with van der Waals surface area (Å²) in [5, 5.41) is 0. The molecular formula is C15H24N2O2S. The fourth-order valence-electron chi connectivity index (χ4n) is 3.08. The van der Waals surface area contributed by atoms with E-state index in [0.717, 1.165) is 31.2 Å². The maximum Gasteiger partial charge on any atom is 0.243 e. The Labute approximate surface area is 122 Å². The van der Waals surface area contributed by atoms with E-state index in [1.165, 1.54) is 6.42 Å². The number of nitrogen functional groups attached to an aromatic ring is 1. The van der Waals surface area contributed by atoms with E-state index in [1.54, 1.807) is 29.4 Å². The zero-order valence-corrected chi connectivity index (χ0v) is 13.1. The molecule has 1 saturated carbocycles. The first-order chi connectivity index (χ1) is 9.46. The first-order valence-electron chi connectivity index (χ1n) is 7.34. The standard InChI is InChI=1S/C15H24N2O2S/c1-3-17(14-7-5-4-6-8-14)20(18,19)15-10-9-13(16)11-12(15)2/h9-11,14H,3-8,16H2,1-2H3. The normalized spacial score (nSPS) is 17.6. The summed E-state index contributed by atoms with van der Waals surface area (Å²) in [4.78, 5) is 0.388. The van der Waals surface area contributed by atoms with Gasteiger partial charge in [-0.05, 0) is 43.5 Å². The average molecular weight is 296 g/mol. The van der Waals surface area contributed by atoms with Gasteiger partial charge in [-0.2, -0.15) is 4.31 Å². The van der Waals surface area contributed by atoms with E-state index in [9.17, 15) is 8.42 Å². The van der Waals surface area contributed by atoms with Crippen molar-refractivity contribution in [3.05, 3.63) is 23.8 Å². The molecule has 0 bridgehead atoms. The summed E-state index contributed by atoms with van der Waals surface area (Å²) in [6.07, 6.45) is 5.41. The van der Waals surface area contributed by atoms with Crippen molar-refractivity contribution in [1.82, 2.24) is 4.31 Å². The Balaban J connectivity index is 2.35. The second-order valence-electron chi connectivity index (χ2n) is 5.53. The smallest absolute Gasteiger partial charge is 0.243 e. The second kappa shape index (κ2) is 6.14. The zero-order valence-electron chi connectivity index (χ0n) is 12.3. The summed E-state index contributed by atoms with van der Waals surface area (Å²) >= 11 is 0. The third-order valence-corrected chi connectivity index (χ3v) is 6.27. The largest absolute Gasteiger partial charge is 0.399 e. The first kappa shape index (κ1) is 15.3. The number of rotatable bonds is 4. The SMILES string of the molecule is CCN(C1CCCCC1)S(=O)(=O)c1ccc(N)cc1C. The summed E-state index contributed by atoms with van der Waals surface area (Å²) in [5.74, 6) is 0. The highest BCUT2D eigenvalue weighted by atomic mass is 32.2. The number of nitrogens with zero attached hydrogens (tertiary/aromatic N) is 1. The Bertz CT molecular complexity index is 563. The van der Waals surface area contributed by atoms with Gasteiger partial charge in [0.15, 0.2) is 0 Å². The Morgan fingerprint density at radius 1 is 1.25 bits per heavy atom. The van der Waals surface area contributed by atoms with Gasteiger partial charge in [0, 0.05) is 18.3 Å². The predicted octanol–water partition coefficient (Wildman–Crippen LogP) is 2.92. The highest BCUT2D eigenvalue weighted by molar-refractivity contribution is 7.89. The Morgan fingerprint density at radius 3 is 2.45 bits per heavy atom. The monoisotopic (exact) mass is 296 g/mol. The van der Waals surface area contributed by atoms with Gasteiger partial charge in [0.25, 0.3) is 0 Å². The number of hydrogen-bond donors (Lipinski definition) is 1. The number of benzene rings is 1. The van der Waals surface area contributed by atoms with Crippen LogP contribution in [0.5, 0.6) is 0 Å². The van der Waals surface area contributed by atoms with Crippen LogP contribution in [0, 0.1) is 6.92 Å². The lowest BCUT2D eigenvalue weighted by Crippen LogP contribution is -2.41. The van der Waals surface area contributed by atoms with E-state index < -0.39 is 10.0 Å². The van der Waals surface area contributed by atoms with Crippen molar-refractivity contribution in [2.45, 2.75) is 56.9 Å². The lowest BCUT2D eigenvalue weighted by Gasteiger charge is -2.33. The van der Waals surface area contributed by atoms with Gasteiger partial charge in [-0.3, -0.25) is 0 Å². The van der Waals surface area contributed by atoms with Gasteiger partial charge in [0.1, 0.15) is 0 Å². The summed E-state index contributed by atoms with van der Waals surface area (Å²) in [6, 6.07) is 5.16. The highest BCUT2D eigenvalue weighted by Gasteiger charge is 2.31. The molecule has 0 atom stereocenters. The van der Waals surface area contributed by atoms with E-state index in [0.29, 0.717) is 17.1 Å². The predicted molar refractivity (Wildman–Crippen MR) is 82.0 cm³/mol. The molecule has 4 nitrogen and oxygen atoms in total. The molecule has 1 fully saturated rings. The number of aryl methyl sites for hydroxylation is 1. The summed E-state index contributed by atoms with van der Waals surface area (Å²) in [7, 11) is -3.42. The first-order valence-corrected chi connectivity index (χ1v) is 8.78. The molecule has 0 aromatic heterocycles.